The van der Waals surface area contributed by atoms with Gasteiger partial charge in [0.15, 0.2) is 11.8 Å². The highest BCUT2D eigenvalue weighted by molar-refractivity contribution is 6.45. The summed E-state index contributed by atoms with van der Waals surface area (Å²) in [6.45, 7) is -0.0393. The molecule has 2 amide bonds. The summed E-state index contributed by atoms with van der Waals surface area (Å²) in [5.41, 5.74) is 5.51. The minimum Gasteiger partial charge on any atom is -0.508 e. The standard InChI is InChI=1S/C23H24N4O9/c24-16(22(31)32)9-10-36-15-7-3-12(4-8-15)18(26-35)20(29)25-17-11-27(21(17)30)19(23(33)34)13-1-5-14(28)6-2-13/h1-8,16-17,19,28,35H,9-11,24H2,(H,25,29)(H,31,32)(H,33,34)/b26-18-/t16-,17+,19?/m1/s1. The van der Waals surface area contributed by atoms with Crippen molar-refractivity contribution in [3.05, 3.63) is 59.7 Å². The minimum absolute atomic E-state index is 0.0516. The maximum atomic E-state index is 12.6. The number of hydrogen-bond donors (Lipinski definition) is 6. The van der Waals surface area contributed by atoms with Gasteiger partial charge in [-0.15, -0.1) is 0 Å². The van der Waals surface area contributed by atoms with Crippen LogP contribution in [0.15, 0.2) is 53.7 Å². The highest BCUT2D eigenvalue weighted by atomic mass is 16.5. The second-order valence-corrected chi connectivity index (χ2v) is 7.90. The zero-order chi connectivity index (χ0) is 26.4. The number of carboxylic acid groups (broad SMARTS) is 2. The number of nitrogens with two attached hydrogens (primary N) is 1. The molecule has 13 nitrogen and oxygen atoms in total. The van der Waals surface area contributed by atoms with Gasteiger partial charge in [-0.3, -0.25) is 14.4 Å². The number of phenols is 1. The number of nitrogens with one attached hydrogen (secondary N) is 1. The predicted molar refractivity (Wildman–Crippen MR) is 123 cm³/mol. The molecule has 7 N–H and O–H groups in total. The third kappa shape index (κ3) is 5.88. The number of likely N-dealkylation sites (tertiary alicyclic amines) is 1. The van der Waals surface area contributed by atoms with Gasteiger partial charge in [-0.2, -0.15) is 0 Å². The second-order valence-electron chi connectivity index (χ2n) is 7.90. The zero-order valence-corrected chi connectivity index (χ0v) is 18.8. The van der Waals surface area contributed by atoms with Crippen LogP contribution in [0.1, 0.15) is 23.6 Å². The quantitative estimate of drug-likeness (QED) is 0.104. The first-order valence-electron chi connectivity index (χ1n) is 10.7. The van der Waals surface area contributed by atoms with Crippen LogP contribution in [0.2, 0.25) is 0 Å². The molecule has 0 aromatic heterocycles. The minimum atomic E-state index is -1.30. The molecule has 1 fully saturated rings. The molecule has 1 heterocycles. The van der Waals surface area contributed by atoms with Crippen LogP contribution in [-0.4, -0.2) is 80.1 Å². The summed E-state index contributed by atoms with van der Waals surface area (Å²) in [5.74, 6) is -3.59. The monoisotopic (exact) mass is 500 g/mol. The molecule has 0 saturated carbocycles. The zero-order valence-electron chi connectivity index (χ0n) is 18.8. The summed E-state index contributed by atoms with van der Waals surface area (Å²) in [6.07, 6.45) is 0.0880. The lowest BCUT2D eigenvalue weighted by molar-refractivity contribution is -0.160. The summed E-state index contributed by atoms with van der Waals surface area (Å²) in [6, 6.07) is 7.83. The predicted octanol–water partition coefficient (Wildman–Crippen LogP) is -0.0958. The van der Waals surface area contributed by atoms with Crippen molar-refractivity contribution >= 4 is 29.5 Å². The van der Waals surface area contributed by atoms with Crippen LogP contribution in [-0.2, 0) is 19.2 Å². The molecule has 0 aliphatic carbocycles. The van der Waals surface area contributed by atoms with E-state index in [0.717, 1.165) is 4.90 Å². The number of aromatic hydroxyl groups is 1. The number of carbonyl (C=O) groups is 4. The third-order valence-corrected chi connectivity index (χ3v) is 5.48. The van der Waals surface area contributed by atoms with E-state index < -0.39 is 41.9 Å². The van der Waals surface area contributed by atoms with E-state index in [1.165, 1.54) is 48.5 Å². The summed E-state index contributed by atoms with van der Waals surface area (Å²) in [5, 5.41) is 42.5. The van der Waals surface area contributed by atoms with Gasteiger partial charge >= 0.3 is 11.9 Å². The van der Waals surface area contributed by atoms with Crippen molar-refractivity contribution in [2.45, 2.75) is 24.5 Å². The van der Waals surface area contributed by atoms with Crippen molar-refractivity contribution in [1.82, 2.24) is 10.2 Å². The molecule has 13 heteroatoms. The van der Waals surface area contributed by atoms with E-state index in [2.05, 4.69) is 10.5 Å². The number of nitrogens with zero attached hydrogens (tertiary/aromatic N) is 2. The molecule has 0 spiro atoms. The molecule has 1 aliphatic rings. The van der Waals surface area contributed by atoms with E-state index in [4.69, 9.17) is 15.6 Å². The van der Waals surface area contributed by atoms with Gasteiger partial charge < -0.3 is 41.2 Å². The van der Waals surface area contributed by atoms with Crippen molar-refractivity contribution in [1.29, 1.82) is 0 Å². The number of amides is 2. The number of hydrogen-bond acceptors (Lipinski definition) is 9. The van der Waals surface area contributed by atoms with Crippen molar-refractivity contribution < 1.29 is 44.4 Å². The fourth-order valence-electron chi connectivity index (χ4n) is 3.50. The average molecular weight is 500 g/mol. The van der Waals surface area contributed by atoms with E-state index in [1.807, 2.05) is 0 Å². The molecule has 2 aromatic carbocycles. The van der Waals surface area contributed by atoms with E-state index in [-0.39, 0.29) is 42.2 Å². The summed E-state index contributed by atoms with van der Waals surface area (Å²) in [4.78, 5) is 48.8. The number of benzene rings is 2. The Morgan fingerprint density at radius 1 is 1.08 bits per heavy atom. The first-order chi connectivity index (χ1) is 17.1. The van der Waals surface area contributed by atoms with Crippen LogP contribution in [0.3, 0.4) is 0 Å². The van der Waals surface area contributed by atoms with Gasteiger partial charge in [0, 0.05) is 12.0 Å². The molecule has 1 unspecified atom stereocenters. The van der Waals surface area contributed by atoms with E-state index in [0.29, 0.717) is 5.75 Å². The van der Waals surface area contributed by atoms with Gasteiger partial charge in [0.05, 0.1) is 13.2 Å². The molecule has 0 bridgehead atoms. The van der Waals surface area contributed by atoms with Crippen molar-refractivity contribution in [3.8, 4) is 11.5 Å². The van der Waals surface area contributed by atoms with Gasteiger partial charge in [-0.1, -0.05) is 17.3 Å². The maximum Gasteiger partial charge on any atom is 0.331 e. The Morgan fingerprint density at radius 2 is 1.72 bits per heavy atom. The molecule has 190 valence electrons. The first kappa shape index (κ1) is 26.0. The first-order valence-corrected chi connectivity index (χ1v) is 10.7. The lowest BCUT2D eigenvalue weighted by Crippen LogP contribution is -2.66. The summed E-state index contributed by atoms with van der Waals surface area (Å²) < 4.78 is 5.40. The second kappa shape index (κ2) is 11.2. The molecule has 1 saturated heterocycles. The number of carbonyl (C=O) groups excluding carboxylic acids is 2. The van der Waals surface area contributed by atoms with Crippen molar-refractivity contribution in [2.75, 3.05) is 13.2 Å². The van der Waals surface area contributed by atoms with Gasteiger partial charge in [-0.25, -0.2) is 4.79 Å². The Labute approximate surface area is 204 Å². The Kier molecular flexibility index (Phi) is 8.07. The number of ether oxygens (including phenoxy) is 1. The smallest absolute Gasteiger partial charge is 0.331 e. The van der Waals surface area contributed by atoms with Gasteiger partial charge in [0.2, 0.25) is 5.91 Å². The van der Waals surface area contributed by atoms with Gasteiger partial charge in [-0.05, 0) is 42.0 Å². The third-order valence-electron chi connectivity index (χ3n) is 5.48. The molecular weight excluding hydrogens is 476 g/mol. The largest absolute Gasteiger partial charge is 0.508 e. The number of carboxylic acids is 2. The topological polar surface area (TPSA) is 212 Å². The normalized spacial score (nSPS) is 17.0. The van der Waals surface area contributed by atoms with Crippen LogP contribution >= 0.6 is 0 Å². The SMILES string of the molecule is N[C@H](CCOc1ccc(/C(=N/O)C(=O)N[C@H]2CN(C(C(=O)O)c3ccc(O)cc3)C2=O)cc1)C(=O)O. The Hall–Kier alpha value is -4.65. The van der Waals surface area contributed by atoms with E-state index in [9.17, 15) is 34.6 Å². The number of phenolic OH excluding ortho intramolecular Hbond substituents is 1. The Balaban J connectivity index is 1.59. The Bertz CT molecular complexity index is 1170. The van der Waals surface area contributed by atoms with Crippen LogP contribution in [0, 0.1) is 0 Å². The molecular formula is C23H24N4O9. The summed E-state index contributed by atoms with van der Waals surface area (Å²) >= 11 is 0. The van der Waals surface area contributed by atoms with Crippen LogP contribution in [0.25, 0.3) is 0 Å². The van der Waals surface area contributed by atoms with Crippen LogP contribution in [0.5, 0.6) is 11.5 Å². The van der Waals surface area contributed by atoms with Gasteiger partial charge in [0.25, 0.3) is 5.91 Å². The average Bonchev–Trinajstić information content (AvgIpc) is 2.85. The molecule has 2 aromatic rings. The number of aliphatic carboxylic acids is 2. The van der Waals surface area contributed by atoms with Crippen LogP contribution < -0.4 is 15.8 Å². The number of oxime groups is 1. The fraction of sp³-hybridized carbons (Fsp3) is 0.261. The number of rotatable bonds is 11. The summed E-state index contributed by atoms with van der Waals surface area (Å²) in [7, 11) is 0. The van der Waals surface area contributed by atoms with Crippen LogP contribution in [0.4, 0.5) is 0 Å². The van der Waals surface area contributed by atoms with Crippen molar-refractivity contribution in [3.63, 3.8) is 0 Å². The molecule has 3 atom stereocenters. The van der Waals surface area contributed by atoms with E-state index in [1.54, 1.807) is 0 Å². The number of β-lactam (4-membered cyclic amide) rings is 1. The van der Waals surface area contributed by atoms with E-state index >= 15 is 0 Å². The lowest BCUT2D eigenvalue weighted by Gasteiger charge is -2.42. The van der Waals surface area contributed by atoms with Gasteiger partial charge in [0.1, 0.15) is 23.6 Å². The Morgan fingerprint density at radius 3 is 2.25 bits per heavy atom. The fourth-order valence-corrected chi connectivity index (χ4v) is 3.50. The van der Waals surface area contributed by atoms with Crippen molar-refractivity contribution in [2.24, 2.45) is 10.9 Å². The maximum absolute atomic E-state index is 12.6. The lowest BCUT2D eigenvalue weighted by atomic mass is 9.97. The molecule has 0 radical (unpaired) electrons. The highest BCUT2D eigenvalue weighted by Crippen LogP contribution is 2.28. The molecule has 1 aliphatic heterocycles. The molecule has 36 heavy (non-hydrogen) atoms. The highest BCUT2D eigenvalue weighted by Gasteiger charge is 2.45. The molecule has 3 rings (SSSR count).